The Hall–Kier alpha value is -1.00. The van der Waals surface area contributed by atoms with Crippen LogP contribution in [0.3, 0.4) is 0 Å². The van der Waals surface area contributed by atoms with E-state index >= 15 is 0 Å². The highest BCUT2D eigenvalue weighted by Gasteiger charge is 2.70. The van der Waals surface area contributed by atoms with E-state index in [1.54, 1.807) is 0 Å². The van der Waals surface area contributed by atoms with E-state index in [1.807, 2.05) is 0 Å². The van der Waals surface area contributed by atoms with E-state index in [2.05, 4.69) is 61.1 Å². The fourth-order valence-electron chi connectivity index (χ4n) is 13.0. The summed E-state index contributed by atoms with van der Waals surface area (Å²) >= 11 is 0. The van der Waals surface area contributed by atoms with Gasteiger partial charge in [-0.3, -0.25) is 0 Å². The van der Waals surface area contributed by atoms with Crippen molar-refractivity contribution in [3.05, 3.63) is 23.8 Å². The van der Waals surface area contributed by atoms with Crippen molar-refractivity contribution in [2.75, 3.05) is 13.2 Å². The second-order valence-electron chi connectivity index (χ2n) is 19.4. The summed E-state index contributed by atoms with van der Waals surface area (Å²) < 4.78 is 24.4. The molecule has 12 heteroatoms. The molecule has 2 saturated heterocycles. The van der Waals surface area contributed by atoms with Crippen LogP contribution in [-0.4, -0.2) is 128 Å². The van der Waals surface area contributed by atoms with E-state index < -0.39 is 86.1 Å². The van der Waals surface area contributed by atoms with Gasteiger partial charge in [0.1, 0.15) is 48.8 Å². The molecule has 0 bridgehead atoms. The molecule has 2 heterocycles. The first-order valence-corrected chi connectivity index (χ1v) is 20.5. The molecule has 6 fully saturated rings. The van der Waals surface area contributed by atoms with E-state index in [9.17, 15) is 40.9 Å². The summed E-state index contributed by atoms with van der Waals surface area (Å²) in [5, 5.41) is 85.4. The molecule has 0 aromatic heterocycles. The van der Waals surface area contributed by atoms with Crippen LogP contribution in [0.25, 0.3) is 0 Å². The standard InChI is InChI=1S/C42H70O12/c1-21(2)10-9-11-22(3)23-12-16-42(8)30(23)24(45)18-28-40(6)15-14-29(39(4,5)27(40)13-17-41(28,42)7)53-38-36(34(49)32(47)26(20-44)52-38)54-37-35(50)33(48)31(46)25(19-43)51-37/h10,23-38,43-50H,3,9,11-20H2,1-2,4-8H3/t23-,24-,25?,26?,27+,28-,29+,30+,31-,32-,33?,34?,35+,36+,37+,38+,40+,41-,42-/m1/s1. The Morgan fingerprint density at radius 2 is 1.33 bits per heavy atom. The second-order valence-corrected chi connectivity index (χ2v) is 19.4. The van der Waals surface area contributed by atoms with Crippen LogP contribution in [0.15, 0.2) is 23.8 Å². The third-order valence-corrected chi connectivity index (χ3v) is 16.1. The predicted octanol–water partition coefficient (Wildman–Crippen LogP) is 2.95. The minimum absolute atomic E-state index is 0.0217. The van der Waals surface area contributed by atoms with Gasteiger partial charge in [-0.1, -0.05) is 58.4 Å². The summed E-state index contributed by atoms with van der Waals surface area (Å²) in [5.74, 6) is 1.03. The van der Waals surface area contributed by atoms with Crippen molar-refractivity contribution < 1.29 is 59.8 Å². The van der Waals surface area contributed by atoms with Gasteiger partial charge in [0.05, 0.1) is 25.4 Å². The molecule has 4 aliphatic carbocycles. The number of hydrogen-bond acceptors (Lipinski definition) is 12. The zero-order valence-electron chi connectivity index (χ0n) is 33.5. The van der Waals surface area contributed by atoms with Crippen LogP contribution < -0.4 is 0 Å². The Morgan fingerprint density at radius 3 is 1.96 bits per heavy atom. The molecule has 12 nitrogen and oxygen atoms in total. The quantitative estimate of drug-likeness (QED) is 0.120. The Balaban J connectivity index is 1.22. The summed E-state index contributed by atoms with van der Waals surface area (Å²) in [6.07, 6.45) is -5.12. The Bertz CT molecular complexity index is 1370. The monoisotopic (exact) mass is 766 g/mol. The van der Waals surface area contributed by atoms with Gasteiger partial charge >= 0.3 is 0 Å². The number of aliphatic hydroxyl groups is 8. The van der Waals surface area contributed by atoms with Crippen molar-refractivity contribution in [3.63, 3.8) is 0 Å². The van der Waals surface area contributed by atoms with Gasteiger partial charge in [0.2, 0.25) is 0 Å². The highest BCUT2D eigenvalue weighted by Crippen LogP contribution is 2.75. The minimum atomic E-state index is -1.74. The molecule has 0 aromatic rings. The number of hydrogen-bond donors (Lipinski definition) is 8. The fraction of sp³-hybridized carbons (Fsp3) is 0.905. The van der Waals surface area contributed by atoms with Crippen molar-refractivity contribution in [3.8, 4) is 0 Å². The molecule has 4 saturated carbocycles. The Morgan fingerprint density at radius 1 is 0.722 bits per heavy atom. The summed E-state index contributed by atoms with van der Waals surface area (Å²) in [4.78, 5) is 0. The van der Waals surface area contributed by atoms with Crippen LogP contribution in [0.1, 0.15) is 106 Å². The lowest BCUT2D eigenvalue weighted by Gasteiger charge is -2.70. The lowest BCUT2D eigenvalue weighted by Crippen LogP contribution is -2.67. The second kappa shape index (κ2) is 15.6. The molecule has 54 heavy (non-hydrogen) atoms. The molecule has 19 atom stereocenters. The molecule has 6 rings (SSSR count). The van der Waals surface area contributed by atoms with Crippen molar-refractivity contribution in [1.82, 2.24) is 0 Å². The lowest BCUT2D eigenvalue weighted by molar-refractivity contribution is -0.378. The summed E-state index contributed by atoms with van der Waals surface area (Å²) in [7, 11) is 0. The summed E-state index contributed by atoms with van der Waals surface area (Å²) in [6, 6.07) is 0. The van der Waals surface area contributed by atoms with Gasteiger partial charge in [-0.25, -0.2) is 0 Å². The van der Waals surface area contributed by atoms with E-state index in [-0.39, 0.29) is 34.2 Å². The lowest BCUT2D eigenvalue weighted by atomic mass is 9.35. The average Bonchev–Trinajstić information content (AvgIpc) is 3.49. The van der Waals surface area contributed by atoms with Gasteiger partial charge in [-0.15, -0.1) is 0 Å². The average molecular weight is 767 g/mol. The molecule has 310 valence electrons. The number of rotatable bonds is 10. The highest BCUT2D eigenvalue weighted by atomic mass is 16.8. The molecule has 8 N–H and O–H groups in total. The van der Waals surface area contributed by atoms with Gasteiger partial charge in [0.25, 0.3) is 0 Å². The molecule has 0 amide bonds. The van der Waals surface area contributed by atoms with Gasteiger partial charge in [0, 0.05) is 0 Å². The normalized spacial score (nSPS) is 51.5. The molecule has 0 aromatic carbocycles. The van der Waals surface area contributed by atoms with Crippen molar-refractivity contribution in [2.24, 2.45) is 45.3 Å². The van der Waals surface area contributed by atoms with E-state index in [4.69, 9.17) is 18.9 Å². The van der Waals surface area contributed by atoms with E-state index in [0.29, 0.717) is 18.3 Å². The maximum absolute atomic E-state index is 12.1. The first kappa shape index (κ1) is 42.6. The smallest absolute Gasteiger partial charge is 0.187 e. The maximum Gasteiger partial charge on any atom is 0.187 e. The molecule has 0 radical (unpaired) electrons. The van der Waals surface area contributed by atoms with Crippen molar-refractivity contribution in [1.29, 1.82) is 0 Å². The number of allylic oxidation sites excluding steroid dienone is 3. The van der Waals surface area contributed by atoms with Crippen molar-refractivity contribution >= 4 is 0 Å². The zero-order chi connectivity index (χ0) is 39.7. The van der Waals surface area contributed by atoms with Crippen LogP contribution in [0.2, 0.25) is 0 Å². The predicted molar refractivity (Wildman–Crippen MR) is 199 cm³/mol. The Labute approximate surface area is 321 Å². The molecular weight excluding hydrogens is 696 g/mol. The summed E-state index contributed by atoms with van der Waals surface area (Å²) in [6.45, 7) is 19.4. The third kappa shape index (κ3) is 6.89. The van der Waals surface area contributed by atoms with Gasteiger partial charge < -0.3 is 59.8 Å². The van der Waals surface area contributed by atoms with Gasteiger partial charge in [-0.2, -0.15) is 0 Å². The van der Waals surface area contributed by atoms with E-state index in [1.165, 1.54) is 11.1 Å². The van der Waals surface area contributed by atoms with Crippen LogP contribution >= 0.6 is 0 Å². The first-order valence-electron chi connectivity index (χ1n) is 20.5. The topological polar surface area (TPSA) is 199 Å². The van der Waals surface area contributed by atoms with Crippen LogP contribution in [0.5, 0.6) is 0 Å². The SMILES string of the molecule is C=C(CCC=C(C)C)[C@H]1CC[C@]2(C)[C@@H]1[C@H](O)C[C@@H]1[C@@]3(C)CC[C@H](O[C@@H]4OC(CO)[C@@H](O)C(O)[C@@H]4O[C@@H]4OC(CO)[C@@H](O)C(O)[C@@H]4O)C(C)(C)[C@@H]3CC[C@]12C. The zero-order valence-corrected chi connectivity index (χ0v) is 33.5. The van der Waals surface area contributed by atoms with Crippen LogP contribution in [0.4, 0.5) is 0 Å². The van der Waals surface area contributed by atoms with Crippen LogP contribution in [0, 0.1) is 45.3 Å². The number of ether oxygens (including phenoxy) is 4. The summed E-state index contributed by atoms with van der Waals surface area (Å²) in [5.41, 5.74) is 2.12. The van der Waals surface area contributed by atoms with E-state index in [0.717, 1.165) is 51.4 Å². The Kier molecular flexibility index (Phi) is 12.3. The number of fused-ring (bicyclic) bond motifs is 5. The minimum Gasteiger partial charge on any atom is -0.394 e. The largest absolute Gasteiger partial charge is 0.394 e. The fourth-order valence-corrected chi connectivity index (χ4v) is 13.0. The molecule has 6 aliphatic rings. The van der Waals surface area contributed by atoms with Crippen molar-refractivity contribution in [2.45, 2.75) is 180 Å². The van der Waals surface area contributed by atoms with Crippen LogP contribution in [-0.2, 0) is 18.9 Å². The molecule has 0 spiro atoms. The third-order valence-electron chi connectivity index (χ3n) is 16.1. The van der Waals surface area contributed by atoms with Gasteiger partial charge in [-0.05, 0) is 117 Å². The maximum atomic E-state index is 12.1. The first-order chi connectivity index (χ1) is 25.3. The molecule has 2 aliphatic heterocycles. The van der Waals surface area contributed by atoms with Gasteiger partial charge in [0.15, 0.2) is 12.6 Å². The highest BCUT2D eigenvalue weighted by molar-refractivity contribution is 5.22. The molecular formula is C42H70O12. The number of aliphatic hydroxyl groups excluding tert-OH is 8. The molecule has 4 unspecified atom stereocenters.